The zero-order valence-electron chi connectivity index (χ0n) is 23.2. The van der Waals surface area contributed by atoms with E-state index in [0.29, 0.717) is 6.42 Å². The molecule has 0 aromatic carbocycles. The van der Waals surface area contributed by atoms with Gasteiger partial charge in [0.15, 0.2) is 0 Å². The quantitative estimate of drug-likeness (QED) is 0.0981. The molecule has 0 fully saturated rings. The lowest BCUT2D eigenvalue weighted by molar-refractivity contribution is -0.141. The van der Waals surface area contributed by atoms with Crippen LogP contribution in [0.15, 0.2) is 0 Å². The maximum atomic E-state index is 13.2. The van der Waals surface area contributed by atoms with E-state index in [4.69, 9.17) is 15.9 Å². The van der Waals surface area contributed by atoms with Crippen molar-refractivity contribution in [1.82, 2.24) is 26.6 Å². The first kappa shape index (κ1) is 35.2. The molecule has 6 atom stereocenters. The van der Waals surface area contributed by atoms with Crippen LogP contribution in [0, 0.1) is 11.8 Å². The van der Waals surface area contributed by atoms with Gasteiger partial charge in [0.1, 0.15) is 24.2 Å². The standard InChI is InChI=1S/C24H42N6O9/c1-7-12(4)19(22(36)26-10-16(31)27-14(6)24(38)39)30-21(35)15(8-9-17(32)33)28-23(37)18(11(2)3)29-20(34)13(5)25/h11-15,18-19H,7-10,25H2,1-6H3,(H,26,36)(H,27,31)(H,28,37)(H,29,34)(H,30,35)(H,32,33)(H,38,39)/t12-,13-,14-,15-,18-,19-/m0/s1. The molecule has 15 heteroatoms. The Morgan fingerprint density at radius 3 is 1.77 bits per heavy atom. The smallest absolute Gasteiger partial charge is 0.325 e. The van der Waals surface area contributed by atoms with Crippen LogP contribution in [0.25, 0.3) is 0 Å². The van der Waals surface area contributed by atoms with Crippen LogP contribution in [-0.2, 0) is 33.6 Å². The van der Waals surface area contributed by atoms with Crippen molar-refractivity contribution in [3.05, 3.63) is 0 Å². The van der Waals surface area contributed by atoms with Crippen LogP contribution in [0.4, 0.5) is 0 Å². The third kappa shape index (κ3) is 13.0. The molecule has 5 amide bonds. The summed E-state index contributed by atoms with van der Waals surface area (Å²) in [5.74, 6) is -6.96. The fraction of sp³-hybridized carbons (Fsp3) is 0.708. The summed E-state index contributed by atoms with van der Waals surface area (Å²) in [7, 11) is 0. The zero-order valence-corrected chi connectivity index (χ0v) is 23.2. The first-order valence-corrected chi connectivity index (χ1v) is 12.7. The molecule has 39 heavy (non-hydrogen) atoms. The van der Waals surface area contributed by atoms with Crippen molar-refractivity contribution in [2.75, 3.05) is 6.54 Å². The molecule has 222 valence electrons. The lowest BCUT2D eigenvalue weighted by atomic mass is 9.97. The first-order valence-electron chi connectivity index (χ1n) is 12.7. The number of aliphatic carboxylic acids is 2. The molecule has 0 aliphatic carbocycles. The number of carbonyl (C=O) groups is 7. The number of nitrogens with one attached hydrogen (secondary N) is 5. The van der Waals surface area contributed by atoms with Crippen molar-refractivity contribution >= 4 is 41.5 Å². The van der Waals surface area contributed by atoms with Crippen LogP contribution >= 0.6 is 0 Å². The molecule has 15 nitrogen and oxygen atoms in total. The second-order valence-corrected chi connectivity index (χ2v) is 9.73. The Labute approximate surface area is 227 Å². The van der Waals surface area contributed by atoms with E-state index in [2.05, 4.69) is 26.6 Å². The molecular weight excluding hydrogens is 516 g/mol. The minimum Gasteiger partial charge on any atom is -0.481 e. The molecule has 0 radical (unpaired) electrons. The van der Waals surface area contributed by atoms with Gasteiger partial charge >= 0.3 is 11.9 Å². The topological polar surface area (TPSA) is 246 Å². The Bertz CT molecular complexity index is 909. The second kappa shape index (κ2) is 17.0. The van der Waals surface area contributed by atoms with E-state index in [1.165, 1.54) is 13.8 Å². The number of carboxylic acid groups (broad SMARTS) is 2. The predicted octanol–water partition coefficient (Wildman–Crippen LogP) is -1.94. The van der Waals surface area contributed by atoms with Gasteiger partial charge in [-0.25, -0.2) is 0 Å². The van der Waals surface area contributed by atoms with Crippen molar-refractivity contribution in [1.29, 1.82) is 0 Å². The lowest BCUT2D eigenvalue weighted by Crippen LogP contribution is -2.59. The van der Waals surface area contributed by atoms with E-state index < -0.39 is 96.5 Å². The maximum Gasteiger partial charge on any atom is 0.325 e. The van der Waals surface area contributed by atoms with Crippen molar-refractivity contribution in [3.63, 3.8) is 0 Å². The third-order valence-corrected chi connectivity index (χ3v) is 5.90. The minimum atomic E-state index is -1.36. The van der Waals surface area contributed by atoms with Gasteiger partial charge in [-0.05, 0) is 32.1 Å². The number of hydrogen-bond acceptors (Lipinski definition) is 8. The molecule has 0 aliphatic rings. The van der Waals surface area contributed by atoms with Gasteiger partial charge in [-0.15, -0.1) is 0 Å². The Morgan fingerprint density at radius 2 is 1.31 bits per heavy atom. The van der Waals surface area contributed by atoms with Crippen molar-refractivity contribution in [2.24, 2.45) is 17.6 Å². The summed E-state index contributed by atoms with van der Waals surface area (Å²) in [6, 6.07) is -5.65. The molecule has 0 rings (SSSR count). The molecule has 0 spiro atoms. The van der Waals surface area contributed by atoms with Crippen LogP contribution in [0.2, 0.25) is 0 Å². The number of hydrogen-bond donors (Lipinski definition) is 8. The fourth-order valence-electron chi connectivity index (χ4n) is 3.21. The van der Waals surface area contributed by atoms with Crippen LogP contribution in [0.1, 0.15) is 60.8 Å². The Hall–Kier alpha value is -3.75. The Morgan fingerprint density at radius 1 is 0.744 bits per heavy atom. The number of nitrogens with two attached hydrogens (primary N) is 1. The molecule has 0 heterocycles. The van der Waals surface area contributed by atoms with Gasteiger partial charge in [-0.2, -0.15) is 0 Å². The maximum absolute atomic E-state index is 13.2. The first-order chi connectivity index (χ1) is 18.0. The van der Waals surface area contributed by atoms with Gasteiger partial charge in [0.05, 0.1) is 12.6 Å². The number of amides is 5. The molecule has 0 aromatic rings. The van der Waals surface area contributed by atoms with Crippen LogP contribution in [0.5, 0.6) is 0 Å². The van der Waals surface area contributed by atoms with Gasteiger partial charge in [0.25, 0.3) is 0 Å². The summed E-state index contributed by atoms with van der Waals surface area (Å²) in [5.41, 5.74) is 5.56. The monoisotopic (exact) mass is 558 g/mol. The average Bonchev–Trinajstić information content (AvgIpc) is 2.85. The molecule has 0 saturated carbocycles. The highest BCUT2D eigenvalue weighted by molar-refractivity contribution is 5.96. The summed E-state index contributed by atoms with van der Waals surface area (Å²) < 4.78 is 0. The van der Waals surface area contributed by atoms with Gasteiger partial charge in [0, 0.05) is 6.42 Å². The van der Waals surface area contributed by atoms with E-state index >= 15 is 0 Å². The number of carbonyl (C=O) groups excluding carboxylic acids is 5. The summed E-state index contributed by atoms with van der Waals surface area (Å²) in [6.07, 6.45) is -0.339. The van der Waals surface area contributed by atoms with Crippen LogP contribution < -0.4 is 32.3 Å². The normalized spacial score (nSPS) is 15.5. The predicted molar refractivity (Wildman–Crippen MR) is 139 cm³/mol. The van der Waals surface area contributed by atoms with Crippen LogP contribution in [0.3, 0.4) is 0 Å². The van der Waals surface area contributed by atoms with E-state index in [0.717, 1.165) is 0 Å². The van der Waals surface area contributed by atoms with Gasteiger partial charge in [-0.1, -0.05) is 34.1 Å². The minimum absolute atomic E-state index is 0.302. The van der Waals surface area contributed by atoms with E-state index in [1.54, 1.807) is 27.7 Å². The third-order valence-electron chi connectivity index (χ3n) is 5.90. The SMILES string of the molecule is CC[C@H](C)[C@H](NC(=O)[C@H](CCC(=O)O)NC(=O)[C@@H](NC(=O)[C@H](C)N)C(C)C)C(=O)NCC(=O)N[C@@H](C)C(=O)O. The highest BCUT2D eigenvalue weighted by Crippen LogP contribution is 2.10. The number of carboxylic acids is 2. The van der Waals surface area contributed by atoms with Crippen LogP contribution in [-0.4, -0.2) is 88.4 Å². The molecular formula is C24H42N6O9. The van der Waals surface area contributed by atoms with Gasteiger partial charge < -0.3 is 42.5 Å². The van der Waals surface area contributed by atoms with Gasteiger partial charge in [-0.3, -0.25) is 33.6 Å². The van der Waals surface area contributed by atoms with Gasteiger partial charge in [0.2, 0.25) is 29.5 Å². The molecule has 0 aromatic heterocycles. The van der Waals surface area contributed by atoms with E-state index in [-0.39, 0.29) is 6.42 Å². The highest BCUT2D eigenvalue weighted by atomic mass is 16.4. The van der Waals surface area contributed by atoms with Crippen molar-refractivity contribution < 1.29 is 43.8 Å². The Balaban J connectivity index is 5.67. The zero-order chi connectivity index (χ0) is 30.4. The van der Waals surface area contributed by atoms with Crippen molar-refractivity contribution in [2.45, 2.75) is 91.0 Å². The summed E-state index contributed by atoms with van der Waals surface area (Å²) in [5, 5.41) is 30.0. The fourth-order valence-corrected chi connectivity index (χ4v) is 3.21. The number of rotatable bonds is 17. The highest BCUT2D eigenvalue weighted by Gasteiger charge is 2.33. The molecule has 0 saturated heterocycles. The second-order valence-electron chi connectivity index (χ2n) is 9.73. The largest absolute Gasteiger partial charge is 0.481 e. The lowest BCUT2D eigenvalue weighted by Gasteiger charge is -2.28. The summed E-state index contributed by atoms with van der Waals surface area (Å²) in [4.78, 5) is 85.0. The molecule has 0 bridgehead atoms. The summed E-state index contributed by atoms with van der Waals surface area (Å²) in [6.45, 7) is 8.89. The Kier molecular flexibility index (Phi) is 15.3. The summed E-state index contributed by atoms with van der Waals surface area (Å²) >= 11 is 0. The van der Waals surface area contributed by atoms with E-state index in [9.17, 15) is 33.6 Å². The molecule has 0 aliphatic heterocycles. The molecule has 0 unspecified atom stereocenters. The average molecular weight is 559 g/mol. The van der Waals surface area contributed by atoms with E-state index in [1.807, 2.05) is 0 Å². The molecule has 9 N–H and O–H groups in total. The van der Waals surface area contributed by atoms with Crippen molar-refractivity contribution in [3.8, 4) is 0 Å².